The number of halogens is 5. The van der Waals surface area contributed by atoms with Crippen LogP contribution in [0.5, 0.6) is 5.75 Å². The van der Waals surface area contributed by atoms with E-state index in [9.17, 15) is 41.9 Å². The Morgan fingerprint density at radius 2 is 1.78 bits per heavy atom. The Morgan fingerprint density at radius 1 is 1.07 bits per heavy atom. The first-order chi connectivity index (χ1) is 19.3. The van der Waals surface area contributed by atoms with E-state index in [0.717, 1.165) is 28.0 Å². The van der Waals surface area contributed by atoms with E-state index in [4.69, 9.17) is 4.74 Å². The Morgan fingerprint density at radius 3 is 2.39 bits per heavy atom. The highest BCUT2D eigenvalue weighted by molar-refractivity contribution is 7.18. The summed E-state index contributed by atoms with van der Waals surface area (Å²) in [6, 6.07) is 12.4. The van der Waals surface area contributed by atoms with Gasteiger partial charge in [0.1, 0.15) is 29.0 Å². The molecular formula is C29H21F5N2O4S. The molecular weight excluding hydrogens is 567 g/mol. The molecule has 4 rings (SSSR count). The van der Waals surface area contributed by atoms with Crippen molar-refractivity contribution < 1.29 is 36.6 Å². The van der Waals surface area contributed by atoms with Crippen LogP contribution >= 0.6 is 11.3 Å². The molecule has 0 fully saturated rings. The molecule has 0 saturated heterocycles. The highest BCUT2D eigenvalue weighted by Crippen LogP contribution is 2.39. The van der Waals surface area contributed by atoms with Gasteiger partial charge in [-0.25, -0.2) is 8.78 Å². The predicted molar refractivity (Wildman–Crippen MR) is 142 cm³/mol. The van der Waals surface area contributed by atoms with Crippen LogP contribution in [0.15, 0.2) is 59.4 Å². The zero-order valence-corrected chi connectivity index (χ0v) is 22.4. The molecule has 0 radical (unpaired) electrons. The number of nitriles is 1. The largest absolute Gasteiger partial charge is 0.491 e. The van der Waals surface area contributed by atoms with Gasteiger partial charge in [0.05, 0.1) is 35.2 Å². The normalized spacial score (nSPS) is 11.5. The summed E-state index contributed by atoms with van der Waals surface area (Å²) in [7, 11) is 0. The van der Waals surface area contributed by atoms with E-state index in [1.165, 1.54) is 12.1 Å². The number of hydrogen-bond acceptors (Lipinski definition) is 5. The van der Waals surface area contributed by atoms with Crippen LogP contribution < -0.4 is 10.3 Å². The average molecular weight is 589 g/mol. The molecule has 4 aromatic rings. The quantitative estimate of drug-likeness (QED) is 0.227. The molecule has 0 aliphatic carbocycles. The maximum Gasteiger partial charge on any atom is 0.417 e. The van der Waals surface area contributed by atoms with Crippen molar-refractivity contribution in [2.24, 2.45) is 0 Å². The lowest BCUT2D eigenvalue weighted by molar-refractivity contribution is -0.138. The molecule has 41 heavy (non-hydrogen) atoms. The molecule has 0 saturated carbocycles. The van der Waals surface area contributed by atoms with Crippen molar-refractivity contribution in [3.63, 3.8) is 0 Å². The zero-order valence-electron chi connectivity index (χ0n) is 21.6. The Kier molecular flexibility index (Phi) is 8.30. The van der Waals surface area contributed by atoms with E-state index in [0.29, 0.717) is 33.9 Å². The van der Waals surface area contributed by atoms with Gasteiger partial charge in [-0.05, 0) is 67.4 Å². The third-order valence-electron chi connectivity index (χ3n) is 5.90. The van der Waals surface area contributed by atoms with Crippen LogP contribution in [0.1, 0.15) is 36.1 Å². The molecule has 1 N–H and O–H groups in total. The first-order valence-electron chi connectivity index (χ1n) is 12.1. The number of rotatable bonds is 8. The van der Waals surface area contributed by atoms with Gasteiger partial charge in [0, 0.05) is 16.5 Å². The van der Waals surface area contributed by atoms with Gasteiger partial charge in [-0.3, -0.25) is 9.59 Å². The van der Waals surface area contributed by atoms with E-state index in [1.54, 1.807) is 38.1 Å². The lowest BCUT2D eigenvalue weighted by atomic mass is 10.1. The van der Waals surface area contributed by atoms with Gasteiger partial charge in [-0.2, -0.15) is 18.4 Å². The minimum atomic E-state index is -5.03. The van der Waals surface area contributed by atoms with Gasteiger partial charge in [0.15, 0.2) is 0 Å². The summed E-state index contributed by atoms with van der Waals surface area (Å²) < 4.78 is 76.2. The standard InChI is InChI=1S/C29H21F5N2O4S/c1-15(2)40-20-8-16(9-27(37)38)7-18(10-20)25-5-6-26(41-25)24-12-22(29(32,33)34)21(13-35)28(39)36(24)14-17-3-4-19(30)11-23(17)31/h3-8,10-12,15H,9,14H2,1-2H3,(H,37,38). The molecule has 0 aliphatic rings. The summed E-state index contributed by atoms with van der Waals surface area (Å²) in [5.41, 5.74) is -3.33. The van der Waals surface area contributed by atoms with Crippen molar-refractivity contribution in [2.75, 3.05) is 0 Å². The maximum atomic E-state index is 14.5. The second-order valence-electron chi connectivity index (χ2n) is 9.32. The smallest absolute Gasteiger partial charge is 0.417 e. The fraction of sp³-hybridized carbons (Fsp3) is 0.207. The number of nitrogens with zero attached hydrogens (tertiary/aromatic N) is 2. The van der Waals surface area contributed by atoms with E-state index in [-0.39, 0.29) is 28.7 Å². The van der Waals surface area contributed by atoms with Crippen molar-refractivity contribution in [3.8, 4) is 32.8 Å². The molecule has 0 atom stereocenters. The van der Waals surface area contributed by atoms with Crippen molar-refractivity contribution in [2.45, 2.75) is 39.1 Å². The second-order valence-corrected chi connectivity index (χ2v) is 10.4. The average Bonchev–Trinajstić information content (AvgIpc) is 3.35. The van der Waals surface area contributed by atoms with Gasteiger partial charge in [0.25, 0.3) is 5.56 Å². The van der Waals surface area contributed by atoms with Gasteiger partial charge in [0.2, 0.25) is 0 Å². The van der Waals surface area contributed by atoms with Gasteiger partial charge in [-0.1, -0.05) is 6.07 Å². The lowest BCUT2D eigenvalue weighted by Gasteiger charge is -2.17. The number of hydrogen-bond donors (Lipinski definition) is 1. The number of benzene rings is 2. The van der Waals surface area contributed by atoms with Gasteiger partial charge >= 0.3 is 12.1 Å². The number of aliphatic carboxylic acids is 1. The van der Waals surface area contributed by atoms with Crippen LogP contribution in [0.25, 0.3) is 21.0 Å². The van der Waals surface area contributed by atoms with E-state index < -0.39 is 47.0 Å². The number of thiophene rings is 1. The fourth-order valence-electron chi connectivity index (χ4n) is 4.21. The first-order valence-corrected chi connectivity index (χ1v) is 12.9. The number of aromatic nitrogens is 1. The van der Waals surface area contributed by atoms with E-state index in [2.05, 4.69) is 0 Å². The molecule has 0 unspecified atom stereocenters. The predicted octanol–water partition coefficient (Wildman–Crippen LogP) is 6.88. The van der Waals surface area contributed by atoms with Crippen LogP contribution in [0.4, 0.5) is 22.0 Å². The van der Waals surface area contributed by atoms with Crippen molar-refractivity contribution >= 4 is 17.3 Å². The molecule has 2 heterocycles. The Balaban J connectivity index is 1.90. The summed E-state index contributed by atoms with van der Waals surface area (Å²) in [5.74, 6) is -2.57. The van der Waals surface area contributed by atoms with Crippen LogP contribution in [-0.2, 0) is 23.9 Å². The molecule has 212 valence electrons. The van der Waals surface area contributed by atoms with Gasteiger partial charge in [-0.15, -0.1) is 11.3 Å². The van der Waals surface area contributed by atoms with Crippen LogP contribution in [0, 0.1) is 23.0 Å². The van der Waals surface area contributed by atoms with Crippen LogP contribution in [0.3, 0.4) is 0 Å². The SMILES string of the molecule is CC(C)Oc1cc(CC(=O)O)cc(-c2ccc(-c3cc(C(F)(F)F)c(C#N)c(=O)n3Cc3ccc(F)cc3F)s2)c1. The van der Waals surface area contributed by atoms with Crippen LogP contribution in [0.2, 0.25) is 0 Å². The molecule has 2 aromatic carbocycles. The number of carboxylic acids is 1. The highest BCUT2D eigenvalue weighted by atomic mass is 32.1. The number of ether oxygens (including phenoxy) is 1. The summed E-state index contributed by atoms with van der Waals surface area (Å²) in [6.45, 7) is 3.01. The summed E-state index contributed by atoms with van der Waals surface area (Å²) in [4.78, 5) is 25.2. The molecule has 0 aliphatic heterocycles. The highest BCUT2D eigenvalue weighted by Gasteiger charge is 2.37. The monoisotopic (exact) mass is 588 g/mol. The molecule has 6 nitrogen and oxygen atoms in total. The molecule has 0 amide bonds. The maximum absolute atomic E-state index is 14.5. The fourth-order valence-corrected chi connectivity index (χ4v) is 5.23. The molecule has 0 spiro atoms. The third kappa shape index (κ3) is 6.63. The van der Waals surface area contributed by atoms with E-state index in [1.807, 2.05) is 0 Å². The molecule has 2 aromatic heterocycles. The summed E-state index contributed by atoms with van der Waals surface area (Å²) in [6.07, 6.45) is -5.55. The van der Waals surface area contributed by atoms with Crippen LogP contribution in [-0.4, -0.2) is 21.7 Å². The Hall–Kier alpha value is -4.50. The van der Waals surface area contributed by atoms with Crippen molar-refractivity contribution in [1.82, 2.24) is 4.57 Å². The Bertz CT molecular complexity index is 1730. The number of carbonyl (C=O) groups is 1. The number of carboxylic acid groups (broad SMARTS) is 1. The number of pyridine rings is 1. The van der Waals surface area contributed by atoms with Crippen molar-refractivity contribution in [3.05, 3.63) is 98.8 Å². The molecule has 12 heteroatoms. The summed E-state index contributed by atoms with van der Waals surface area (Å²) in [5, 5.41) is 18.7. The van der Waals surface area contributed by atoms with Crippen molar-refractivity contribution in [1.29, 1.82) is 5.26 Å². The lowest BCUT2D eigenvalue weighted by Crippen LogP contribution is -2.28. The minimum absolute atomic E-state index is 0.174. The zero-order chi connectivity index (χ0) is 30.1. The topological polar surface area (TPSA) is 92.3 Å². The molecule has 0 bridgehead atoms. The second kappa shape index (κ2) is 11.5. The number of alkyl halides is 3. The Labute approximate surface area is 234 Å². The van der Waals surface area contributed by atoms with E-state index >= 15 is 0 Å². The first kappa shape index (κ1) is 29.5. The third-order valence-corrected chi connectivity index (χ3v) is 7.05. The van der Waals surface area contributed by atoms with Gasteiger partial charge < -0.3 is 14.4 Å². The minimum Gasteiger partial charge on any atom is -0.491 e. The summed E-state index contributed by atoms with van der Waals surface area (Å²) >= 11 is 1.00.